The van der Waals surface area contributed by atoms with Crippen LogP contribution in [0.25, 0.3) is 0 Å². The van der Waals surface area contributed by atoms with Gasteiger partial charge in [-0.1, -0.05) is 12.1 Å². The van der Waals surface area contributed by atoms with E-state index < -0.39 is 11.9 Å². The zero-order chi connectivity index (χ0) is 13.5. The Kier molecular flexibility index (Phi) is 5.32. The molecule has 0 aromatic heterocycles. The van der Waals surface area contributed by atoms with Gasteiger partial charge < -0.3 is 15.6 Å². The zero-order valence-electron chi connectivity index (χ0n) is 10.3. The van der Waals surface area contributed by atoms with Crippen LogP contribution in [0.5, 0.6) is 5.75 Å². The molecule has 1 atom stereocenters. The number of hydrogen-bond acceptors (Lipinski definition) is 4. The van der Waals surface area contributed by atoms with Gasteiger partial charge in [0.25, 0.3) is 0 Å². The van der Waals surface area contributed by atoms with Crippen molar-refractivity contribution in [3.63, 3.8) is 0 Å². The van der Waals surface area contributed by atoms with Crippen LogP contribution in [0.15, 0.2) is 24.3 Å². The lowest BCUT2D eigenvalue weighted by atomic mass is 9.98. The third-order valence-electron chi connectivity index (χ3n) is 2.54. The number of carboxylic acids is 1. The molecule has 5 nitrogen and oxygen atoms in total. The fraction of sp³-hybridized carbons (Fsp3) is 0.385. The maximum Gasteiger partial charge on any atom is 0.315 e. The van der Waals surface area contributed by atoms with Gasteiger partial charge in [0, 0.05) is 13.0 Å². The van der Waals surface area contributed by atoms with E-state index in [0.717, 1.165) is 11.3 Å². The lowest BCUT2D eigenvalue weighted by molar-refractivity contribution is -0.145. The Labute approximate surface area is 106 Å². The molecule has 5 heteroatoms. The Morgan fingerprint density at radius 1 is 1.33 bits per heavy atom. The minimum atomic E-state index is -1.17. The van der Waals surface area contributed by atoms with Crippen LogP contribution in [0.1, 0.15) is 12.5 Å². The summed E-state index contributed by atoms with van der Waals surface area (Å²) in [6, 6.07) is 7.01. The molecule has 18 heavy (non-hydrogen) atoms. The highest BCUT2D eigenvalue weighted by Gasteiger charge is 2.24. The maximum absolute atomic E-state index is 11.7. The van der Waals surface area contributed by atoms with Crippen LogP contribution in [0, 0.1) is 5.92 Å². The number of aliphatic carboxylic acids is 1. The minimum Gasteiger partial charge on any atom is -0.494 e. The second-order valence-electron chi connectivity index (χ2n) is 3.85. The lowest BCUT2D eigenvalue weighted by Gasteiger charge is -2.09. The molecule has 0 spiro atoms. The molecule has 0 aliphatic rings. The second-order valence-corrected chi connectivity index (χ2v) is 3.85. The van der Waals surface area contributed by atoms with Crippen LogP contribution in [0.4, 0.5) is 0 Å². The number of Topliss-reactive ketones (excluding diaryl/α,β-unsaturated/α-hetero) is 1. The molecule has 3 N–H and O–H groups in total. The summed E-state index contributed by atoms with van der Waals surface area (Å²) in [5, 5.41) is 8.81. The number of carboxylic acid groups (broad SMARTS) is 1. The average molecular weight is 251 g/mol. The first-order valence-electron chi connectivity index (χ1n) is 5.75. The molecule has 0 saturated carbocycles. The molecular weight excluding hydrogens is 234 g/mol. The van der Waals surface area contributed by atoms with Crippen molar-refractivity contribution >= 4 is 11.8 Å². The largest absolute Gasteiger partial charge is 0.494 e. The molecule has 1 aromatic rings. The third kappa shape index (κ3) is 3.85. The van der Waals surface area contributed by atoms with Gasteiger partial charge in [0.05, 0.1) is 6.61 Å². The Bertz CT molecular complexity index is 414. The first kappa shape index (κ1) is 14.2. The molecule has 98 valence electrons. The minimum absolute atomic E-state index is 0.0700. The van der Waals surface area contributed by atoms with Gasteiger partial charge in [-0.15, -0.1) is 0 Å². The summed E-state index contributed by atoms with van der Waals surface area (Å²) in [6.07, 6.45) is 0.0700. The molecule has 0 saturated heterocycles. The van der Waals surface area contributed by atoms with Gasteiger partial charge in [0.15, 0.2) is 5.78 Å². The van der Waals surface area contributed by atoms with Crippen molar-refractivity contribution < 1.29 is 19.4 Å². The lowest BCUT2D eigenvalue weighted by Crippen LogP contribution is -2.32. The van der Waals surface area contributed by atoms with E-state index in [-0.39, 0.29) is 18.7 Å². The normalized spacial score (nSPS) is 11.9. The smallest absolute Gasteiger partial charge is 0.315 e. The highest BCUT2D eigenvalue weighted by Crippen LogP contribution is 2.13. The molecule has 0 amide bonds. The molecular formula is C13H17NO4. The average Bonchev–Trinajstić information content (AvgIpc) is 2.32. The highest BCUT2D eigenvalue weighted by atomic mass is 16.5. The van der Waals surface area contributed by atoms with E-state index in [4.69, 9.17) is 15.6 Å². The van der Waals surface area contributed by atoms with Gasteiger partial charge in [0.1, 0.15) is 11.7 Å². The standard InChI is InChI=1S/C13H17NO4/c1-2-18-10-5-3-9(4-6-10)7-12(15)11(8-14)13(16)17/h3-6,11H,2,7-8,14H2,1H3,(H,16,17). The van der Waals surface area contributed by atoms with Gasteiger partial charge >= 0.3 is 5.97 Å². The summed E-state index contributed by atoms with van der Waals surface area (Å²) >= 11 is 0. The predicted molar refractivity (Wildman–Crippen MR) is 66.5 cm³/mol. The molecule has 0 fully saturated rings. The van der Waals surface area contributed by atoms with Gasteiger partial charge in [-0.05, 0) is 24.6 Å². The summed E-state index contributed by atoms with van der Waals surface area (Å²) in [6.45, 7) is 2.29. The number of benzene rings is 1. The van der Waals surface area contributed by atoms with Gasteiger partial charge in [0.2, 0.25) is 0 Å². The zero-order valence-corrected chi connectivity index (χ0v) is 10.3. The second kappa shape index (κ2) is 6.76. The first-order valence-corrected chi connectivity index (χ1v) is 5.75. The van der Waals surface area contributed by atoms with E-state index in [1.165, 1.54) is 0 Å². The van der Waals surface area contributed by atoms with Crippen LogP contribution < -0.4 is 10.5 Å². The fourth-order valence-electron chi connectivity index (χ4n) is 1.56. The molecule has 0 bridgehead atoms. The number of ether oxygens (including phenoxy) is 1. The Morgan fingerprint density at radius 2 is 1.94 bits per heavy atom. The molecule has 1 rings (SSSR count). The summed E-state index contributed by atoms with van der Waals surface area (Å²) in [7, 11) is 0. The molecule has 0 heterocycles. The summed E-state index contributed by atoms with van der Waals surface area (Å²) in [5.74, 6) is -1.96. The van der Waals surface area contributed by atoms with E-state index in [0.29, 0.717) is 6.61 Å². The third-order valence-corrected chi connectivity index (χ3v) is 2.54. The van der Waals surface area contributed by atoms with Crippen LogP contribution in [-0.4, -0.2) is 30.0 Å². The summed E-state index contributed by atoms with van der Waals surface area (Å²) < 4.78 is 5.27. The maximum atomic E-state index is 11.7. The van der Waals surface area contributed by atoms with Crippen molar-refractivity contribution in [1.82, 2.24) is 0 Å². The fourth-order valence-corrected chi connectivity index (χ4v) is 1.56. The molecule has 1 aromatic carbocycles. The predicted octanol–water partition coefficient (Wildman–Crippen LogP) is 0.856. The van der Waals surface area contributed by atoms with Crippen molar-refractivity contribution in [2.75, 3.05) is 13.2 Å². The number of carbonyl (C=O) groups is 2. The van der Waals surface area contributed by atoms with Gasteiger partial charge in [-0.25, -0.2) is 0 Å². The quantitative estimate of drug-likeness (QED) is 0.701. The van der Waals surface area contributed by atoms with E-state index in [1.54, 1.807) is 24.3 Å². The number of ketones is 1. The monoisotopic (exact) mass is 251 g/mol. The number of rotatable bonds is 7. The van der Waals surface area contributed by atoms with Crippen molar-refractivity contribution in [3.05, 3.63) is 29.8 Å². The topological polar surface area (TPSA) is 89.6 Å². The number of carbonyl (C=O) groups excluding carboxylic acids is 1. The first-order chi connectivity index (χ1) is 8.58. The van der Waals surface area contributed by atoms with Crippen molar-refractivity contribution in [3.8, 4) is 5.75 Å². The Balaban J connectivity index is 2.66. The van der Waals surface area contributed by atoms with E-state index in [9.17, 15) is 9.59 Å². The summed E-state index contributed by atoms with van der Waals surface area (Å²) in [5.41, 5.74) is 6.02. The van der Waals surface area contributed by atoms with Crippen LogP contribution in [0.2, 0.25) is 0 Å². The molecule has 0 aliphatic carbocycles. The summed E-state index contributed by atoms with van der Waals surface area (Å²) in [4.78, 5) is 22.5. The Morgan fingerprint density at radius 3 is 2.39 bits per heavy atom. The Hall–Kier alpha value is -1.88. The number of hydrogen-bond donors (Lipinski definition) is 2. The van der Waals surface area contributed by atoms with E-state index >= 15 is 0 Å². The van der Waals surface area contributed by atoms with Crippen LogP contribution >= 0.6 is 0 Å². The van der Waals surface area contributed by atoms with Crippen LogP contribution in [0.3, 0.4) is 0 Å². The number of nitrogens with two attached hydrogens (primary N) is 1. The van der Waals surface area contributed by atoms with Crippen molar-refractivity contribution in [2.45, 2.75) is 13.3 Å². The van der Waals surface area contributed by atoms with Gasteiger partial charge in [-0.3, -0.25) is 9.59 Å². The SMILES string of the molecule is CCOc1ccc(CC(=O)C(CN)C(=O)O)cc1. The molecule has 1 unspecified atom stereocenters. The molecule has 0 radical (unpaired) electrons. The van der Waals surface area contributed by atoms with Gasteiger partial charge in [-0.2, -0.15) is 0 Å². The molecule has 0 aliphatic heterocycles. The van der Waals surface area contributed by atoms with Crippen molar-refractivity contribution in [1.29, 1.82) is 0 Å². The highest BCUT2D eigenvalue weighted by molar-refractivity contribution is 5.99. The van der Waals surface area contributed by atoms with E-state index in [2.05, 4.69) is 0 Å². The van der Waals surface area contributed by atoms with Crippen molar-refractivity contribution in [2.24, 2.45) is 11.7 Å². The van der Waals surface area contributed by atoms with Crippen LogP contribution in [-0.2, 0) is 16.0 Å². The van der Waals surface area contributed by atoms with E-state index in [1.807, 2.05) is 6.92 Å².